The van der Waals surface area contributed by atoms with E-state index in [0.29, 0.717) is 6.61 Å². The lowest BCUT2D eigenvalue weighted by atomic mass is 10.4. The average Bonchev–Trinajstić information content (AvgIpc) is 2.34. The third-order valence-electron chi connectivity index (χ3n) is 1.86. The van der Waals surface area contributed by atoms with Crippen LogP contribution in [0.2, 0.25) is 0 Å². The first-order valence-electron chi connectivity index (χ1n) is 5.18. The lowest BCUT2D eigenvalue weighted by molar-refractivity contribution is -0.134. The summed E-state index contributed by atoms with van der Waals surface area (Å²) in [6.45, 7) is 3.73. The van der Waals surface area contributed by atoms with E-state index in [0.717, 1.165) is 12.2 Å². The van der Waals surface area contributed by atoms with E-state index in [1.807, 2.05) is 18.2 Å². The van der Waals surface area contributed by atoms with Crippen LogP contribution in [-0.4, -0.2) is 23.4 Å². The van der Waals surface area contributed by atoms with E-state index < -0.39 is 5.97 Å². The van der Waals surface area contributed by atoms with Crippen LogP contribution in [0.25, 0.3) is 0 Å². The highest BCUT2D eigenvalue weighted by Crippen LogP contribution is 2.17. The van der Waals surface area contributed by atoms with Crippen LogP contribution in [0.5, 0.6) is 0 Å². The minimum Gasteiger partial charge on any atom is -0.477 e. The summed E-state index contributed by atoms with van der Waals surface area (Å²) in [5.41, 5.74) is 2.13. The van der Waals surface area contributed by atoms with Crippen molar-refractivity contribution in [2.75, 3.05) is 12.4 Å². The van der Waals surface area contributed by atoms with Crippen molar-refractivity contribution in [3.63, 3.8) is 0 Å². The fourth-order valence-electron chi connectivity index (χ4n) is 1.02. The van der Waals surface area contributed by atoms with Gasteiger partial charge in [0.1, 0.15) is 5.70 Å². The number of carboxylic acid groups (broad SMARTS) is 1. The van der Waals surface area contributed by atoms with Gasteiger partial charge in [-0.1, -0.05) is 24.8 Å². The highest BCUT2D eigenvalue weighted by Gasteiger charge is 2.01. The van der Waals surface area contributed by atoms with Crippen LogP contribution >= 0.6 is 11.8 Å². The number of hydrogen-bond donors (Lipinski definition) is 2. The number of nitrogens with one attached hydrogen (secondary N) is 1. The number of aliphatic carboxylic acids is 1. The fraction of sp³-hybridized carbons (Fsp3) is 0.250. The Morgan fingerprint density at radius 2 is 2.12 bits per heavy atom. The van der Waals surface area contributed by atoms with Crippen molar-refractivity contribution in [2.45, 2.75) is 11.3 Å². The van der Waals surface area contributed by atoms with Gasteiger partial charge in [0.05, 0.1) is 6.61 Å². The van der Waals surface area contributed by atoms with Crippen molar-refractivity contribution in [3.05, 3.63) is 42.6 Å². The molecular formula is C12H15NO3S. The standard InChI is InChI=1S/C12H15NO3S/c1-10(12(14)15)13-16-8-5-9-17-11-6-3-2-4-7-11/h2-4,6-7,13H,1,5,8-9H2,(H,14,15). The number of thioether (sulfide) groups is 1. The molecule has 4 nitrogen and oxygen atoms in total. The SMILES string of the molecule is C=C(NOCCCSc1ccccc1)C(=O)O. The second kappa shape index (κ2) is 7.76. The molecule has 17 heavy (non-hydrogen) atoms. The molecule has 1 aromatic rings. The molecule has 0 fully saturated rings. The Kier molecular flexibility index (Phi) is 6.21. The summed E-state index contributed by atoms with van der Waals surface area (Å²) >= 11 is 1.74. The minimum atomic E-state index is -1.11. The number of carbonyl (C=O) groups is 1. The maximum atomic E-state index is 10.4. The zero-order valence-corrected chi connectivity index (χ0v) is 10.2. The Hall–Kier alpha value is -1.46. The Labute approximate surface area is 105 Å². The van der Waals surface area contributed by atoms with Crippen LogP contribution < -0.4 is 5.48 Å². The molecule has 0 atom stereocenters. The topological polar surface area (TPSA) is 58.6 Å². The lowest BCUT2D eigenvalue weighted by Crippen LogP contribution is -2.20. The largest absolute Gasteiger partial charge is 0.477 e. The van der Waals surface area contributed by atoms with Gasteiger partial charge >= 0.3 is 5.97 Å². The molecule has 0 amide bonds. The van der Waals surface area contributed by atoms with Crippen LogP contribution in [0, 0.1) is 0 Å². The van der Waals surface area contributed by atoms with E-state index in [2.05, 4.69) is 24.2 Å². The third kappa shape index (κ3) is 5.99. The molecule has 2 N–H and O–H groups in total. The highest BCUT2D eigenvalue weighted by molar-refractivity contribution is 7.99. The number of carboxylic acids is 1. The van der Waals surface area contributed by atoms with Crippen LogP contribution in [-0.2, 0) is 9.63 Å². The van der Waals surface area contributed by atoms with E-state index >= 15 is 0 Å². The maximum Gasteiger partial charge on any atom is 0.353 e. The fourth-order valence-corrected chi connectivity index (χ4v) is 1.87. The molecule has 0 saturated carbocycles. The Morgan fingerprint density at radius 1 is 1.41 bits per heavy atom. The van der Waals surface area contributed by atoms with Crippen molar-refractivity contribution < 1.29 is 14.7 Å². The molecule has 0 heterocycles. The first-order valence-corrected chi connectivity index (χ1v) is 6.16. The highest BCUT2D eigenvalue weighted by atomic mass is 32.2. The quantitative estimate of drug-likeness (QED) is 0.322. The van der Waals surface area contributed by atoms with Gasteiger partial charge in [-0.15, -0.1) is 11.8 Å². The van der Waals surface area contributed by atoms with Crippen molar-refractivity contribution >= 4 is 17.7 Å². The van der Waals surface area contributed by atoms with Crippen LogP contribution in [0.15, 0.2) is 47.5 Å². The molecule has 0 unspecified atom stereocenters. The molecule has 0 aliphatic carbocycles. The van der Waals surface area contributed by atoms with Gasteiger partial charge < -0.3 is 5.11 Å². The molecule has 1 rings (SSSR count). The van der Waals surface area contributed by atoms with Gasteiger partial charge in [0.15, 0.2) is 0 Å². The maximum absolute atomic E-state index is 10.4. The normalized spacial score (nSPS) is 9.88. The Bertz CT molecular complexity index is 367. The van der Waals surface area contributed by atoms with Crippen molar-refractivity contribution in [2.24, 2.45) is 0 Å². The molecule has 0 aliphatic rings. The smallest absolute Gasteiger partial charge is 0.353 e. The van der Waals surface area contributed by atoms with E-state index in [4.69, 9.17) is 9.94 Å². The third-order valence-corrected chi connectivity index (χ3v) is 2.95. The van der Waals surface area contributed by atoms with Gasteiger partial charge in [-0.25, -0.2) is 4.79 Å². The van der Waals surface area contributed by atoms with Gasteiger partial charge in [0.2, 0.25) is 0 Å². The van der Waals surface area contributed by atoms with Crippen LogP contribution in [0.1, 0.15) is 6.42 Å². The van der Waals surface area contributed by atoms with E-state index in [-0.39, 0.29) is 5.70 Å². The predicted octanol–water partition coefficient (Wildman–Crippen LogP) is 2.29. The number of benzene rings is 1. The van der Waals surface area contributed by atoms with Crippen LogP contribution in [0.3, 0.4) is 0 Å². The summed E-state index contributed by atoms with van der Waals surface area (Å²) in [6.07, 6.45) is 0.833. The molecule has 92 valence electrons. The summed E-state index contributed by atoms with van der Waals surface area (Å²) in [4.78, 5) is 16.5. The zero-order valence-electron chi connectivity index (χ0n) is 9.39. The van der Waals surface area contributed by atoms with E-state index in [1.54, 1.807) is 11.8 Å². The van der Waals surface area contributed by atoms with E-state index in [9.17, 15) is 4.79 Å². The average molecular weight is 253 g/mol. The Morgan fingerprint density at radius 3 is 2.76 bits per heavy atom. The molecule has 0 spiro atoms. The lowest BCUT2D eigenvalue weighted by Gasteiger charge is -2.05. The van der Waals surface area contributed by atoms with Gasteiger partial charge in [-0.3, -0.25) is 10.3 Å². The predicted molar refractivity (Wildman–Crippen MR) is 67.6 cm³/mol. The molecule has 0 aromatic heterocycles. The monoisotopic (exact) mass is 253 g/mol. The van der Waals surface area contributed by atoms with Crippen molar-refractivity contribution in [1.29, 1.82) is 0 Å². The molecule has 0 saturated heterocycles. The Balaban J connectivity index is 2.02. The first kappa shape index (κ1) is 13.6. The molecule has 0 bridgehead atoms. The second-order valence-electron chi connectivity index (χ2n) is 3.25. The molecule has 1 aromatic carbocycles. The molecule has 5 heteroatoms. The molecule has 0 aliphatic heterocycles. The summed E-state index contributed by atoms with van der Waals surface area (Å²) in [7, 11) is 0. The first-order chi connectivity index (χ1) is 8.20. The summed E-state index contributed by atoms with van der Waals surface area (Å²) in [5, 5.41) is 8.49. The van der Waals surface area contributed by atoms with E-state index in [1.165, 1.54) is 4.90 Å². The number of hydrogen-bond acceptors (Lipinski definition) is 4. The summed E-state index contributed by atoms with van der Waals surface area (Å²) < 4.78 is 0. The number of rotatable bonds is 8. The minimum absolute atomic E-state index is 0.152. The molecular weight excluding hydrogens is 238 g/mol. The molecule has 0 radical (unpaired) electrons. The van der Waals surface area contributed by atoms with Crippen molar-refractivity contribution in [3.8, 4) is 0 Å². The van der Waals surface area contributed by atoms with Gasteiger partial charge in [0.25, 0.3) is 0 Å². The van der Waals surface area contributed by atoms with Crippen molar-refractivity contribution in [1.82, 2.24) is 5.48 Å². The van der Waals surface area contributed by atoms with Gasteiger partial charge in [0, 0.05) is 10.6 Å². The second-order valence-corrected chi connectivity index (χ2v) is 4.42. The summed E-state index contributed by atoms with van der Waals surface area (Å²) in [5.74, 6) is -0.186. The van der Waals surface area contributed by atoms with Gasteiger partial charge in [-0.05, 0) is 18.6 Å². The van der Waals surface area contributed by atoms with Crippen LogP contribution in [0.4, 0.5) is 0 Å². The van der Waals surface area contributed by atoms with Gasteiger partial charge in [-0.2, -0.15) is 0 Å². The number of hydroxylamine groups is 1. The summed E-state index contributed by atoms with van der Waals surface area (Å²) in [6, 6.07) is 10.1. The zero-order chi connectivity index (χ0) is 12.5.